The summed E-state index contributed by atoms with van der Waals surface area (Å²) in [4.78, 5) is 23.3. The van der Waals surface area contributed by atoms with Crippen LogP contribution >= 0.6 is 0 Å². The van der Waals surface area contributed by atoms with E-state index in [1.54, 1.807) is 30.3 Å². The SMILES string of the molecule is CC(C)(C(=O)NCC(C(=O)O)c1ccccc1)S(C)(=O)=O. The molecule has 0 bridgehead atoms. The van der Waals surface area contributed by atoms with E-state index in [1.807, 2.05) is 0 Å². The summed E-state index contributed by atoms with van der Waals surface area (Å²) in [6.45, 7) is 2.41. The highest BCUT2D eigenvalue weighted by molar-refractivity contribution is 7.92. The second-order valence-electron chi connectivity index (χ2n) is 5.29. The van der Waals surface area contributed by atoms with Gasteiger partial charge in [0.2, 0.25) is 5.91 Å². The van der Waals surface area contributed by atoms with Gasteiger partial charge in [-0.2, -0.15) is 0 Å². The number of hydrogen-bond acceptors (Lipinski definition) is 4. The van der Waals surface area contributed by atoms with Gasteiger partial charge < -0.3 is 10.4 Å². The van der Waals surface area contributed by atoms with Crippen LogP contribution in [0.25, 0.3) is 0 Å². The Balaban J connectivity index is 2.85. The van der Waals surface area contributed by atoms with Crippen LogP contribution in [0.5, 0.6) is 0 Å². The third-order valence-corrected chi connectivity index (χ3v) is 5.48. The highest BCUT2D eigenvalue weighted by Gasteiger charge is 2.38. The van der Waals surface area contributed by atoms with Crippen molar-refractivity contribution in [3.05, 3.63) is 35.9 Å². The molecule has 21 heavy (non-hydrogen) atoms. The Morgan fingerprint density at radius 2 is 1.76 bits per heavy atom. The first-order valence-electron chi connectivity index (χ1n) is 6.33. The van der Waals surface area contributed by atoms with E-state index in [0.717, 1.165) is 6.26 Å². The van der Waals surface area contributed by atoms with Crippen LogP contribution in [0, 0.1) is 0 Å². The predicted octanol–water partition coefficient (Wildman–Crippen LogP) is 0.794. The van der Waals surface area contributed by atoms with Gasteiger partial charge >= 0.3 is 5.97 Å². The summed E-state index contributed by atoms with van der Waals surface area (Å²) >= 11 is 0. The van der Waals surface area contributed by atoms with Crippen molar-refractivity contribution in [1.82, 2.24) is 5.32 Å². The van der Waals surface area contributed by atoms with Gasteiger partial charge in [0.15, 0.2) is 9.84 Å². The number of benzene rings is 1. The van der Waals surface area contributed by atoms with Crippen molar-refractivity contribution in [2.24, 2.45) is 0 Å². The van der Waals surface area contributed by atoms with Gasteiger partial charge in [-0.3, -0.25) is 9.59 Å². The molecule has 0 saturated heterocycles. The summed E-state index contributed by atoms with van der Waals surface area (Å²) in [7, 11) is -3.59. The van der Waals surface area contributed by atoms with Gasteiger partial charge in [0, 0.05) is 12.8 Å². The van der Waals surface area contributed by atoms with Gasteiger partial charge in [-0.1, -0.05) is 30.3 Å². The van der Waals surface area contributed by atoms with E-state index in [1.165, 1.54) is 13.8 Å². The zero-order valence-electron chi connectivity index (χ0n) is 12.2. The summed E-state index contributed by atoms with van der Waals surface area (Å²) < 4.78 is 21.5. The first-order valence-corrected chi connectivity index (χ1v) is 8.22. The smallest absolute Gasteiger partial charge is 0.312 e. The maximum atomic E-state index is 12.0. The number of carbonyl (C=O) groups excluding carboxylic acids is 1. The molecule has 0 aliphatic rings. The minimum atomic E-state index is -3.59. The van der Waals surface area contributed by atoms with Gasteiger partial charge in [0.05, 0.1) is 5.92 Å². The molecular weight excluding hydrogens is 294 g/mol. The summed E-state index contributed by atoms with van der Waals surface area (Å²) in [5.74, 6) is -2.73. The van der Waals surface area contributed by atoms with Crippen molar-refractivity contribution in [3.8, 4) is 0 Å². The lowest BCUT2D eigenvalue weighted by atomic mass is 9.99. The first-order chi connectivity index (χ1) is 9.57. The average molecular weight is 313 g/mol. The molecule has 0 saturated carbocycles. The van der Waals surface area contributed by atoms with Crippen LogP contribution in [0.15, 0.2) is 30.3 Å². The maximum Gasteiger partial charge on any atom is 0.312 e. The molecule has 0 aromatic heterocycles. The Bertz CT molecular complexity index is 622. The number of nitrogens with one attached hydrogen (secondary N) is 1. The zero-order valence-corrected chi connectivity index (χ0v) is 13.0. The molecule has 0 aliphatic carbocycles. The molecule has 7 heteroatoms. The van der Waals surface area contributed by atoms with E-state index < -0.39 is 32.4 Å². The Labute approximate surface area is 124 Å². The predicted molar refractivity (Wildman–Crippen MR) is 78.8 cm³/mol. The van der Waals surface area contributed by atoms with Crippen molar-refractivity contribution in [2.75, 3.05) is 12.8 Å². The molecular formula is C14H19NO5S. The molecule has 2 N–H and O–H groups in total. The van der Waals surface area contributed by atoms with Crippen LogP contribution < -0.4 is 5.32 Å². The molecule has 6 nitrogen and oxygen atoms in total. The van der Waals surface area contributed by atoms with Crippen LogP contribution in [0.3, 0.4) is 0 Å². The molecule has 1 aromatic carbocycles. The molecule has 1 rings (SSSR count). The van der Waals surface area contributed by atoms with E-state index >= 15 is 0 Å². The van der Waals surface area contributed by atoms with E-state index in [9.17, 15) is 23.1 Å². The van der Waals surface area contributed by atoms with Crippen molar-refractivity contribution in [1.29, 1.82) is 0 Å². The molecule has 1 aromatic rings. The Hall–Kier alpha value is -1.89. The molecule has 0 aliphatic heterocycles. The number of carbonyl (C=O) groups is 2. The fourth-order valence-electron chi connectivity index (χ4n) is 1.61. The molecule has 1 amide bonds. The largest absolute Gasteiger partial charge is 0.481 e. The molecule has 1 unspecified atom stereocenters. The highest BCUT2D eigenvalue weighted by atomic mass is 32.2. The van der Waals surface area contributed by atoms with Gasteiger partial charge in [0.1, 0.15) is 4.75 Å². The normalized spacial score (nSPS) is 13.5. The van der Waals surface area contributed by atoms with Crippen LogP contribution in [0.4, 0.5) is 0 Å². The van der Waals surface area contributed by atoms with E-state index in [-0.39, 0.29) is 6.54 Å². The molecule has 0 spiro atoms. The Morgan fingerprint density at radius 3 is 2.19 bits per heavy atom. The van der Waals surface area contributed by atoms with E-state index in [2.05, 4.69) is 5.32 Å². The zero-order chi connectivity index (χ0) is 16.3. The minimum Gasteiger partial charge on any atom is -0.481 e. The molecule has 0 radical (unpaired) electrons. The molecule has 0 fully saturated rings. The molecule has 1 atom stereocenters. The Kier molecular flexibility index (Phi) is 5.11. The molecule has 116 valence electrons. The average Bonchev–Trinajstić information content (AvgIpc) is 2.38. The second-order valence-corrected chi connectivity index (χ2v) is 7.86. The van der Waals surface area contributed by atoms with Gasteiger partial charge in [-0.25, -0.2) is 8.42 Å². The van der Waals surface area contributed by atoms with Crippen molar-refractivity contribution in [3.63, 3.8) is 0 Å². The number of rotatable bonds is 6. The van der Waals surface area contributed by atoms with Crippen molar-refractivity contribution in [2.45, 2.75) is 24.5 Å². The summed E-state index contributed by atoms with van der Waals surface area (Å²) in [6.07, 6.45) is 0.971. The van der Waals surface area contributed by atoms with Crippen LogP contribution in [-0.4, -0.2) is 42.9 Å². The standard InChI is InChI=1S/C14H19NO5S/c1-14(2,21(3,19)20)13(18)15-9-11(12(16)17)10-7-5-4-6-8-10/h4-8,11H,9H2,1-3H3,(H,15,18)(H,16,17). The first kappa shape index (κ1) is 17.2. The summed E-state index contributed by atoms with van der Waals surface area (Å²) in [5, 5.41) is 11.6. The van der Waals surface area contributed by atoms with Gasteiger partial charge in [-0.05, 0) is 19.4 Å². The number of hydrogen-bond donors (Lipinski definition) is 2. The molecule has 0 heterocycles. The summed E-state index contributed by atoms with van der Waals surface area (Å²) in [6, 6.07) is 8.45. The van der Waals surface area contributed by atoms with Crippen LogP contribution in [-0.2, 0) is 19.4 Å². The highest BCUT2D eigenvalue weighted by Crippen LogP contribution is 2.18. The summed E-state index contributed by atoms with van der Waals surface area (Å²) in [5.41, 5.74) is 0.544. The lowest BCUT2D eigenvalue weighted by Gasteiger charge is -2.23. The number of sulfone groups is 1. The number of aliphatic carboxylic acids is 1. The number of carboxylic acids is 1. The van der Waals surface area contributed by atoms with Crippen LogP contribution in [0.2, 0.25) is 0 Å². The number of carboxylic acid groups (broad SMARTS) is 1. The fraction of sp³-hybridized carbons (Fsp3) is 0.429. The lowest BCUT2D eigenvalue weighted by molar-refractivity contribution is -0.138. The number of amides is 1. The van der Waals surface area contributed by atoms with E-state index in [0.29, 0.717) is 5.56 Å². The fourth-order valence-corrected chi connectivity index (χ4v) is 2.02. The quantitative estimate of drug-likeness (QED) is 0.809. The maximum absolute atomic E-state index is 12.0. The third-order valence-electron chi connectivity index (χ3n) is 3.44. The monoisotopic (exact) mass is 313 g/mol. The van der Waals surface area contributed by atoms with E-state index in [4.69, 9.17) is 0 Å². The van der Waals surface area contributed by atoms with Crippen molar-refractivity contribution >= 4 is 21.7 Å². The lowest BCUT2D eigenvalue weighted by Crippen LogP contribution is -2.48. The van der Waals surface area contributed by atoms with Crippen molar-refractivity contribution < 1.29 is 23.1 Å². The van der Waals surface area contributed by atoms with Crippen LogP contribution in [0.1, 0.15) is 25.3 Å². The van der Waals surface area contributed by atoms with Gasteiger partial charge in [0.25, 0.3) is 0 Å². The second kappa shape index (κ2) is 6.26. The van der Waals surface area contributed by atoms with Gasteiger partial charge in [-0.15, -0.1) is 0 Å². The topological polar surface area (TPSA) is 101 Å². The third kappa shape index (κ3) is 4.04. The minimum absolute atomic E-state index is 0.170. The Morgan fingerprint density at radius 1 is 1.24 bits per heavy atom.